The van der Waals surface area contributed by atoms with Gasteiger partial charge in [0.2, 0.25) is 0 Å². The van der Waals surface area contributed by atoms with Crippen LogP contribution >= 0.6 is 15.9 Å². The second-order valence-corrected chi connectivity index (χ2v) is 5.45. The molecule has 0 bridgehead atoms. The zero-order valence-electron chi connectivity index (χ0n) is 10.8. The van der Waals surface area contributed by atoms with Crippen LogP contribution in [0.4, 0.5) is 0 Å². The molecule has 0 fully saturated rings. The standard InChI is InChI=1S/C17H14BrNO/c18-13-4-3-5-14(10-13)20-17-9-8-12(11-19)15-6-1-2-7-16(15)17/h1-10H,11,19H2. The van der Waals surface area contributed by atoms with Crippen molar-refractivity contribution >= 4 is 26.7 Å². The predicted molar refractivity (Wildman–Crippen MR) is 86.1 cm³/mol. The van der Waals surface area contributed by atoms with Crippen LogP contribution in [0.1, 0.15) is 5.56 Å². The molecule has 0 spiro atoms. The third kappa shape index (κ3) is 2.55. The number of rotatable bonds is 3. The Labute approximate surface area is 126 Å². The van der Waals surface area contributed by atoms with Crippen molar-refractivity contribution in [3.63, 3.8) is 0 Å². The lowest BCUT2D eigenvalue weighted by Gasteiger charge is -2.11. The van der Waals surface area contributed by atoms with Crippen LogP contribution in [0.5, 0.6) is 11.5 Å². The Bertz CT molecular complexity index is 755. The van der Waals surface area contributed by atoms with Crippen molar-refractivity contribution in [2.24, 2.45) is 5.73 Å². The summed E-state index contributed by atoms with van der Waals surface area (Å²) >= 11 is 3.45. The number of benzene rings is 3. The van der Waals surface area contributed by atoms with Gasteiger partial charge in [-0.2, -0.15) is 0 Å². The average Bonchev–Trinajstić information content (AvgIpc) is 2.48. The summed E-state index contributed by atoms with van der Waals surface area (Å²) in [7, 11) is 0. The van der Waals surface area contributed by atoms with Gasteiger partial charge in [0.15, 0.2) is 0 Å². The van der Waals surface area contributed by atoms with E-state index in [1.807, 2.05) is 48.5 Å². The summed E-state index contributed by atoms with van der Waals surface area (Å²) in [6.45, 7) is 0.525. The molecule has 0 atom stereocenters. The van der Waals surface area contributed by atoms with Crippen molar-refractivity contribution in [2.45, 2.75) is 6.54 Å². The Kier molecular flexibility index (Phi) is 3.72. The van der Waals surface area contributed by atoms with E-state index in [-0.39, 0.29) is 0 Å². The Morgan fingerprint density at radius 1 is 0.900 bits per heavy atom. The molecule has 3 heteroatoms. The highest BCUT2D eigenvalue weighted by atomic mass is 79.9. The SMILES string of the molecule is NCc1ccc(Oc2cccc(Br)c2)c2ccccc12. The van der Waals surface area contributed by atoms with Gasteiger partial charge in [0.25, 0.3) is 0 Å². The molecular weight excluding hydrogens is 314 g/mol. The molecule has 3 aromatic rings. The van der Waals surface area contributed by atoms with Crippen LogP contribution in [0.15, 0.2) is 65.1 Å². The van der Waals surface area contributed by atoms with Gasteiger partial charge in [0, 0.05) is 16.4 Å². The molecule has 0 saturated heterocycles. The predicted octanol–water partition coefficient (Wildman–Crippen LogP) is 4.85. The van der Waals surface area contributed by atoms with Gasteiger partial charge in [-0.15, -0.1) is 0 Å². The summed E-state index contributed by atoms with van der Waals surface area (Å²) < 4.78 is 7.00. The van der Waals surface area contributed by atoms with E-state index in [2.05, 4.69) is 28.1 Å². The fourth-order valence-electron chi connectivity index (χ4n) is 2.26. The molecule has 0 unspecified atom stereocenters. The molecule has 2 nitrogen and oxygen atoms in total. The zero-order chi connectivity index (χ0) is 13.9. The number of ether oxygens (including phenoxy) is 1. The molecule has 0 amide bonds. The molecule has 3 rings (SSSR count). The van der Waals surface area contributed by atoms with Crippen LogP contribution in [0.3, 0.4) is 0 Å². The molecule has 0 aliphatic carbocycles. The first-order chi connectivity index (χ1) is 9.78. The van der Waals surface area contributed by atoms with Gasteiger partial charge in [-0.25, -0.2) is 0 Å². The second-order valence-electron chi connectivity index (χ2n) is 4.53. The molecule has 20 heavy (non-hydrogen) atoms. The van der Waals surface area contributed by atoms with Crippen molar-refractivity contribution in [1.29, 1.82) is 0 Å². The summed E-state index contributed by atoms with van der Waals surface area (Å²) in [6, 6.07) is 20.0. The van der Waals surface area contributed by atoms with Crippen molar-refractivity contribution < 1.29 is 4.74 Å². The Hall–Kier alpha value is -1.84. The first kappa shape index (κ1) is 13.2. The Morgan fingerprint density at radius 3 is 2.45 bits per heavy atom. The van der Waals surface area contributed by atoms with Crippen LogP contribution in [-0.4, -0.2) is 0 Å². The minimum absolute atomic E-state index is 0.525. The van der Waals surface area contributed by atoms with Crippen molar-refractivity contribution in [3.05, 3.63) is 70.7 Å². The van der Waals surface area contributed by atoms with E-state index in [1.165, 1.54) is 0 Å². The molecule has 0 aliphatic heterocycles. The van der Waals surface area contributed by atoms with Gasteiger partial charge in [0.1, 0.15) is 11.5 Å². The molecule has 0 heterocycles. The Morgan fingerprint density at radius 2 is 1.70 bits per heavy atom. The maximum absolute atomic E-state index is 6.00. The molecular formula is C17H14BrNO. The molecule has 0 aliphatic rings. The van der Waals surface area contributed by atoms with Crippen LogP contribution in [-0.2, 0) is 6.54 Å². The van der Waals surface area contributed by atoms with E-state index >= 15 is 0 Å². The number of hydrogen-bond donors (Lipinski definition) is 1. The smallest absolute Gasteiger partial charge is 0.135 e. The van der Waals surface area contributed by atoms with E-state index < -0.39 is 0 Å². The first-order valence-electron chi connectivity index (χ1n) is 6.42. The normalized spacial score (nSPS) is 10.7. The average molecular weight is 328 g/mol. The van der Waals surface area contributed by atoms with Crippen LogP contribution < -0.4 is 10.5 Å². The highest BCUT2D eigenvalue weighted by molar-refractivity contribution is 9.10. The van der Waals surface area contributed by atoms with Crippen molar-refractivity contribution in [2.75, 3.05) is 0 Å². The van der Waals surface area contributed by atoms with E-state index in [0.717, 1.165) is 32.3 Å². The maximum atomic E-state index is 6.00. The summed E-state index contributed by atoms with van der Waals surface area (Å²) in [5.41, 5.74) is 6.92. The molecule has 3 aromatic carbocycles. The van der Waals surface area contributed by atoms with Gasteiger partial charge < -0.3 is 10.5 Å². The molecule has 100 valence electrons. The fourth-order valence-corrected chi connectivity index (χ4v) is 2.64. The monoisotopic (exact) mass is 327 g/mol. The quantitative estimate of drug-likeness (QED) is 0.746. The van der Waals surface area contributed by atoms with Gasteiger partial charge in [-0.05, 0) is 35.2 Å². The lowest BCUT2D eigenvalue weighted by atomic mass is 10.0. The zero-order valence-corrected chi connectivity index (χ0v) is 12.4. The van der Waals surface area contributed by atoms with E-state index in [1.54, 1.807) is 0 Å². The van der Waals surface area contributed by atoms with Crippen molar-refractivity contribution in [3.8, 4) is 11.5 Å². The molecule has 0 aromatic heterocycles. The number of halogens is 1. The first-order valence-corrected chi connectivity index (χ1v) is 7.21. The van der Waals surface area contributed by atoms with Gasteiger partial charge in [-0.1, -0.05) is 52.3 Å². The summed E-state index contributed by atoms with van der Waals surface area (Å²) in [4.78, 5) is 0. The molecule has 0 radical (unpaired) electrons. The summed E-state index contributed by atoms with van der Waals surface area (Å²) in [6.07, 6.45) is 0. The van der Waals surface area contributed by atoms with Gasteiger partial charge in [-0.3, -0.25) is 0 Å². The fraction of sp³-hybridized carbons (Fsp3) is 0.0588. The van der Waals surface area contributed by atoms with E-state index in [0.29, 0.717) is 6.54 Å². The number of hydrogen-bond acceptors (Lipinski definition) is 2. The Balaban J connectivity index is 2.08. The minimum Gasteiger partial charge on any atom is -0.457 e. The topological polar surface area (TPSA) is 35.2 Å². The molecule has 2 N–H and O–H groups in total. The van der Waals surface area contributed by atoms with E-state index in [9.17, 15) is 0 Å². The lowest BCUT2D eigenvalue weighted by molar-refractivity contribution is 0.488. The third-order valence-corrected chi connectivity index (χ3v) is 3.71. The third-order valence-electron chi connectivity index (χ3n) is 3.22. The highest BCUT2D eigenvalue weighted by Gasteiger charge is 2.06. The minimum atomic E-state index is 0.525. The number of fused-ring (bicyclic) bond motifs is 1. The summed E-state index contributed by atoms with van der Waals surface area (Å²) in [5, 5.41) is 2.22. The number of nitrogens with two attached hydrogens (primary N) is 1. The lowest BCUT2D eigenvalue weighted by Crippen LogP contribution is -1.97. The van der Waals surface area contributed by atoms with Crippen LogP contribution in [0, 0.1) is 0 Å². The van der Waals surface area contributed by atoms with Crippen LogP contribution in [0.2, 0.25) is 0 Å². The summed E-state index contributed by atoms with van der Waals surface area (Å²) in [5.74, 6) is 1.65. The highest BCUT2D eigenvalue weighted by Crippen LogP contribution is 2.32. The van der Waals surface area contributed by atoms with E-state index in [4.69, 9.17) is 10.5 Å². The largest absolute Gasteiger partial charge is 0.457 e. The van der Waals surface area contributed by atoms with Gasteiger partial charge in [0.05, 0.1) is 0 Å². The molecule has 0 saturated carbocycles. The van der Waals surface area contributed by atoms with Crippen molar-refractivity contribution in [1.82, 2.24) is 0 Å². The maximum Gasteiger partial charge on any atom is 0.135 e. The second kappa shape index (κ2) is 5.65. The van der Waals surface area contributed by atoms with Gasteiger partial charge >= 0.3 is 0 Å². The van der Waals surface area contributed by atoms with Crippen LogP contribution in [0.25, 0.3) is 10.8 Å².